The van der Waals surface area contributed by atoms with E-state index in [4.69, 9.17) is 41.3 Å². The van der Waals surface area contributed by atoms with E-state index in [1.807, 2.05) is 0 Å². The number of hydrogen-bond acceptors (Lipinski definition) is 12. The highest BCUT2D eigenvalue weighted by molar-refractivity contribution is 7.92. The third-order valence-corrected chi connectivity index (χ3v) is 17.2. The molecule has 0 fully saturated rings. The molecule has 12 nitrogen and oxygen atoms in total. The third-order valence-electron chi connectivity index (χ3n) is 11.8. The minimum absolute atomic E-state index is 0.0103. The summed E-state index contributed by atoms with van der Waals surface area (Å²) in [5, 5.41) is 0. The highest BCUT2D eigenvalue weighted by Gasteiger charge is 2.24. The molecular weight excluding hydrogens is 1060 g/mol. The first kappa shape index (κ1) is 52.4. The zero-order chi connectivity index (χ0) is 55.0. The summed E-state index contributed by atoms with van der Waals surface area (Å²) < 4.78 is 118. The van der Waals surface area contributed by atoms with Crippen LogP contribution in [0.25, 0.3) is 0 Å². The Hall–Kier alpha value is -10.0. The van der Waals surface area contributed by atoms with Gasteiger partial charge in [-0.1, -0.05) is 42.2 Å². The summed E-state index contributed by atoms with van der Waals surface area (Å²) in [5.74, 6) is 9.67. The summed E-state index contributed by atoms with van der Waals surface area (Å²) in [7, 11) is -11.9. The van der Waals surface area contributed by atoms with Crippen molar-refractivity contribution in [3.63, 3.8) is 0 Å². The Morgan fingerprint density at radius 2 is 0.544 bits per heavy atom. The first-order valence-corrected chi connectivity index (χ1v) is 28.4. The van der Waals surface area contributed by atoms with Crippen molar-refractivity contribution in [1.82, 2.24) is 0 Å². The fourth-order valence-electron chi connectivity index (χ4n) is 7.87. The SMILES string of the molecule is C#Cc1ccc(Oc2ccc(S(=O)(=O)c3ccc(Oc4cccc(Oc5ccccc5S(=O)(=O)c5ccc(Oc6cccc(Oc7ccc(S(=O)(=O)c8ccc(Oc9cccc(C#C)c9)cc8)cc7)c6)cc5)c4)cc3)cc2)cc1. The van der Waals surface area contributed by atoms with Crippen molar-refractivity contribution >= 4 is 29.5 Å². The molecule has 0 saturated heterocycles. The van der Waals surface area contributed by atoms with Gasteiger partial charge in [0.2, 0.25) is 29.5 Å². The molecule has 0 bridgehead atoms. The number of rotatable bonds is 18. The Bertz CT molecular complexity index is 4270. The Labute approximate surface area is 457 Å². The van der Waals surface area contributed by atoms with Crippen LogP contribution in [-0.2, 0) is 29.5 Å². The van der Waals surface area contributed by atoms with Crippen LogP contribution in [0.2, 0.25) is 0 Å². The molecule has 0 radical (unpaired) electrons. The molecule has 10 aromatic rings. The molecule has 15 heteroatoms. The Morgan fingerprint density at radius 1 is 0.253 bits per heavy atom. The maximum absolute atomic E-state index is 14.1. The first-order valence-electron chi connectivity index (χ1n) is 24.0. The molecule has 10 rings (SSSR count). The van der Waals surface area contributed by atoms with E-state index in [-0.39, 0.29) is 40.9 Å². The van der Waals surface area contributed by atoms with Crippen LogP contribution in [0.15, 0.2) is 272 Å². The van der Waals surface area contributed by atoms with Crippen molar-refractivity contribution in [3.8, 4) is 93.7 Å². The zero-order valence-electron chi connectivity index (χ0n) is 41.4. The quantitative estimate of drug-likeness (QED) is 0.0750. The lowest BCUT2D eigenvalue weighted by Crippen LogP contribution is -2.04. The summed E-state index contributed by atoms with van der Waals surface area (Å²) in [6, 6.07) is 63.7. The second kappa shape index (κ2) is 22.7. The lowest BCUT2D eigenvalue weighted by atomic mass is 10.2. The normalized spacial score (nSPS) is 11.3. The van der Waals surface area contributed by atoms with Crippen molar-refractivity contribution in [2.24, 2.45) is 0 Å². The summed E-state index contributed by atoms with van der Waals surface area (Å²) in [4.78, 5) is 0.207. The maximum Gasteiger partial charge on any atom is 0.210 e. The van der Waals surface area contributed by atoms with Gasteiger partial charge in [-0.25, -0.2) is 25.3 Å². The highest BCUT2D eigenvalue weighted by Crippen LogP contribution is 2.37. The minimum atomic E-state index is -4.12. The number of terminal acetylenes is 2. The van der Waals surface area contributed by atoms with Crippen molar-refractivity contribution < 1.29 is 53.7 Å². The van der Waals surface area contributed by atoms with E-state index in [0.29, 0.717) is 68.6 Å². The van der Waals surface area contributed by atoms with Crippen LogP contribution in [0.3, 0.4) is 0 Å². The summed E-state index contributed by atoms with van der Waals surface area (Å²) in [5.41, 5.74) is 1.37. The van der Waals surface area contributed by atoms with Crippen molar-refractivity contribution in [3.05, 3.63) is 254 Å². The molecule has 0 aliphatic heterocycles. The lowest BCUT2D eigenvalue weighted by molar-refractivity contribution is 0.452. The molecule has 0 heterocycles. The van der Waals surface area contributed by atoms with Gasteiger partial charge in [0.05, 0.1) is 24.5 Å². The molecule has 0 atom stereocenters. The molecule has 0 N–H and O–H groups in total. The smallest absolute Gasteiger partial charge is 0.210 e. The largest absolute Gasteiger partial charge is 0.457 e. The van der Waals surface area contributed by atoms with Crippen LogP contribution in [0.5, 0.6) is 69.0 Å². The van der Waals surface area contributed by atoms with E-state index in [2.05, 4.69) is 11.8 Å². The molecule has 0 amide bonds. The van der Waals surface area contributed by atoms with E-state index >= 15 is 0 Å². The number of benzene rings is 10. The molecule has 0 spiro atoms. The molecule has 0 saturated carbocycles. The summed E-state index contributed by atoms with van der Waals surface area (Å²) in [6.07, 6.45) is 10.9. The average Bonchev–Trinajstić information content (AvgIpc) is 3.48. The summed E-state index contributed by atoms with van der Waals surface area (Å²) >= 11 is 0. The van der Waals surface area contributed by atoms with E-state index < -0.39 is 29.5 Å². The topological polar surface area (TPSA) is 158 Å². The van der Waals surface area contributed by atoms with Gasteiger partial charge in [0.15, 0.2) is 0 Å². The molecule has 79 heavy (non-hydrogen) atoms. The molecule has 0 aromatic heterocycles. The van der Waals surface area contributed by atoms with Crippen LogP contribution < -0.4 is 28.4 Å². The predicted molar refractivity (Wildman–Crippen MR) is 297 cm³/mol. The monoisotopic (exact) mass is 1100 g/mol. The van der Waals surface area contributed by atoms with Gasteiger partial charge in [0.1, 0.15) is 73.9 Å². The molecule has 388 valence electrons. The maximum atomic E-state index is 14.1. The second-order valence-electron chi connectivity index (χ2n) is 17.2. The van der Waals surface area contributed by atoms with Gasteiger partial charge in [0, 0.05) is 23.3 Å². The molecule has 0 aliphatic rings. The molecule has 0 unspecified atom stereocenters. The Morgan fingerprint density at radius 3 is 0.911 bits per heavy atom. The van der Waals surface area contributed by atoms with Gasteiger partial charge in [-0.3, -0.25) is 0 Å². The Kier molecular flexibility index (Phi) is 15.0. The number of ether oxygens (including phenoxy) is 6. The Balaban J connectivity index is 0.743. The van der Waals surface area contributed by atoms with Gasteiger partial charge in [-0.15, -0.1) is 12.8 Å². The summed E-state index contributed by atoms with van der Waals surface area (Å²) in [6.45, 7) is 0. The number of hydrogen-bond donors (Lipinski definition) is 0. The van der Waals surface area contributed by atoms with E-state index in [9.17, 15) is 25.3 Å². The van der Waals surface area contributed by atoms with Crippen LogP contribution in [0.4, 0.5) is 0 Å². The first-order chi connectivity index (χ1) is 38.2. The number of sulfone groups is 3. The van der Waals surface area contributed by atoms with Gasteiger partial charge < -0.3 is 28.4 Å². The van der Waals surface area contributed by atoms with Crippen LogP contribution in [-0.4, -0.2) is 25.3 Å². The number of para-hydroxylation sites is 1. The fourth-order valence-corrected chi connectivity index (χ4v) is 11.8. The van der Waals surface area contributed by atoms with Gasteiger partial charge in [-0.05, 0) is 200 Å². The van der Waals surface area contributed by atoms with Crippen LogP contribution in [0, 0.1) is 24.7 Å². The van der Waals surface area contributed by atoms with Gasteiger partial charge in [-0.2, -0.15) is 0 Å². The molecule has 10 aromatic carbocycles. The van der Waals surface area contributed by atoms with Gasteiger partial charge >= 0.3 is 0 Å². The lowest BCUT2D eigenvalue weighted by Gasteiger charge is -2.14. The van der Waals surface area contributed by atoms with Crippen molar-refractivity contribution in [1.29, 1.82) is 0 Å². The standard InChI is InChI=1S/C64H42O12S3/c1-3-45-18-20-47(21-19-45)71-48-22-32-58(33-23-48)77(65,66)60-38-28-51(29-39-60)75-56-14-9-15-57(44-56)76-63-16-5-6-17-64(63)79(69,70)62-40-30-52(31-41-62)74-55-13-8-12-54(43-55)73-50-26-36-61(37-27-50)78(67,68)59-34-24-49(25-35-59)72-53-11-7-10-46(4-2)42-53/h1-2,5-44H. The molecule has 0 aliphatic carbocycles. The van der Waals surface area contributed by atoms with E-state index in [1.54, 1.807) is 152 Å². The van der Waals surface area contributed by atoms with E-state index in [0.717, 1.165) is 0 Å². The third kappa shape index (κ3) is 12.3. The highest BCUT2D eigenvalue weighted by atomic mass is 32.2. The predicted octanol–water partition coefficient (Wildman–Crippen LogP) is 14.9. The van der Waals surface area contributed by atoms with Gasteiger partial charge in [0.25, 0.3) is 0 Å². The minimum Gasteiger partial charge on any atom is -0.457 e. The van der Waals surface area contributed by atoms with Crippen LogP contribution >= 0.6 is 0 Å². The van der Waals surface area contributed by atoms with Crippen molar-refractivity contribution in [2.45, 2.75) is 29.4 Å². The fraction of sp³-hybridized carbons (Fsp3) is 0. The molecular formula is C64H42O12S3. The van der Waals surface area contributed by atoms with E-state index in [1.165, 1.54) is 91.0 Å². The second-order valence-corrected chi connectivity index (χ2v) is 23.0. The average molecular weight is 1100 g/mol. The zero-order valence-corrected chi connectivity index (χ0v) is 43.8. The van der Waals surface area contributed by atoms with Crippen LogP contribution in [0.1, 0.15) is 11.1 Å². The van der Waals surface area contributed by atoms with Crippen molar-refractivity contribution in [2.75, 3.05) is 0 Å².